The molecule has 0 heterocycles. The van der Waals surface area contributed by atoms with Crippen LogP contribution in [0.15, 0.2) is 18.2 Å². The highest BCUT2D eigenvalue weighted by molar-refractivity contribution is 5.94. The summed E-state index contributed by atoms with van der Waals surface area (Å²) >= 11 is 0. The van der Waals surface area contributed by atoms with Crippen LogP contribution >= 0.6 is 0 Å². The number of methoxy groups -OCH3 is 2. The Bertz CT molecular complexity index is 589. The zero-order chi connectivity index (χ0) is 18.3. The number of benzene rings is 1. The fourth-order valence-electron chi connectivity index (χ4n) is 1.90. The first-order valence-electron chi connectivity index (χ1n) is 6.92. The maximum Gasteiger partial charge on any atom is 0.419 e. The fourth-order valence-corrected chi connectivity index (χ4v) is 1.90. The molecule has 0 atom stereocenters. The van der Waals surface area contributed by atoms with E-state index in [-0.39, 0.29) is 31.7 Å². The minimum atomic E-state index is -4.91. The van der Waals surface area contributed by atoms with Crippen LogP contribution in [0.5, 0.6) is 0 Å². The molecule has 1 aromatic rings. The monoisotopic (exact) mass is 351 g/mol. The maximum absolute atomic E-state index is 13.3. The summed E-state index contributed by atoms with van der Waals surface area (Å²) in [5, 5.41) is 0. The number of rotatable bonds is 7. The smallest absolute Gasteiger partial charge is 0.419 e. The van der Waals surface area contributed by atoms with Gasteiger partial charge in [-0.15, -0.1) is 0 Å². The van der Waals surface area contributed by atoms with E-state index in [1.165, 1.54) is 14.2 Å². The summed E-state index contributed by atoms with van der Waals surface area (Å²) in [7, 11) is 2.57. The van der Waals surface area contributed by atoms with Crippen LogP contribution in [0.1, 0.15) is 22.3 Å². The standard InChI is InChI=1S/C15H17F4NO4/c1-23-8-7-20(6-5-13(21)24-2)14(22)10-3-4-12(16)11(9-10)15(17,18)19/h3-4,9H,5-8H2,1-2H3. The molecular weight excluding hydrogens is 334 g/mol. The Kier molecular flexibility index (Phi) is 7.15. The lowest BCUT2D eigenvalue weighted by atomic mass is 10.1. The highest BCUT2D eigenvalue weighted by Gasteiger charge is 2.35. The molecule has 9 heteroatoms. The number of amides is 1. The Hall–Kier alpha value is -2.16. The lowest BCUT2D eigenvalue weighted by Gasteiger charge is -2.22. The summed E-state index contributed by atoms with van der Waals surface area (Å²) in [6, 6.07) is 2.01. The van der Waals surface area contributed by atoms with Crippen LogP contribution in [0.3, 0.4) is 0 Å². The van der Waals surface area contributed by atoms with Crippen LogP contribution in [0.2, 0.25) is 0 Å². The van der Waals surface area contributed by atoms with Gasteiger partial charge in [0.1, 0.15) is 5.82 Å². The summed E-state index contributed by atoms with van der Waals surface area (Å²) in [6.45, 7) is 0.124. The van der Waals surface area contributed by atoms with Crippen molar-refractivity contribution in [3.05, 3.63) is 35.1 Å². The molecule has 1 amide bonds. The third kappa shape index (κ3) is 5.48. The van der Waals surface area contributed by atoms with Crippen molar-refractivity contribution in [1.82, 2.24) is 4.90 Å². The molecule has 0 saturated heterocycles. The molecule has 0 spiro atoms. The van der Waals surface area contributed by atoms with E-state index in [0.717, 1.165) is 11.0 Å². The van der Waals surface area contributed by atoms with E-state index in [9.17, 15) is 27.2 Å². The number of hydrogen-bond acceptors (Lipinski definition) is 4. The molecule has 1 aromatic carbocycles. The largest absolute Gasteiger partial charge is 0.469 e. The average Bonchev–Trinajstić information content (AvgIpc) is 2.53. The zero-order valence-electron chi connectivity index (χ0n) is 13.2. The second-order valence-electron chi connectivity index (χ2n) is 4.80. The van der Waals surface area contributed by atoms with Crippen molar-refractivity contribution in [2.75, 3.05) is 33.9 Å². The molecule has 134 valence electrons. The molecule has 0 fully saturated rings. The second kappa shape index (κ2) is 8.62. The van der Waals surface area contributed by atoms with Gasteiger partial charge in [-0.1, -0.05) is 0 Å². The van der Waals surface area contributed by atoms with Crippen molar-refractivity contribution in [3.63, 3.8) is 0 Å². The first-order chi connectivity index (χ1) is 11.2. The highest BCUT2D eigenvalue weighted by atomic mass is 19.4. The predicted octanol–water partition coefficient (Wildman–Crippen LogP) is 2.50. The molecule has 0 aliphatic heterocycles. The normalized spacial score (nSPS) is 11.2. The van der Waals surface area contributed by atoms with Gasteiger partial charge in [0.05, 0.1) is 25.7 Å². The Morgan fingerprint density at radius 2 is 1.83 bits per heavy atom. The summed E-state index contributed by atoms with van der Waals surface area (Å²) in [4.78, 5) is 24.7. The minimum absolute atomic E-state index is 0.0606. The Morgan fingerprint density at radius 1 is 1.17 bits per heavy atom. The molecule has 0 radical (unpaired) electrons. The van der Waals surface area contributed by atoms with Gasteiger partial charge in [0.25, 0.3) is 5.91 Å². The number of nitrogens with zero attached hydrogens (tertiary/aromatic N) is 1. The zero-order valence-corrected chi connectivity index (χ0v) is 13.2. The Balaban J connectivity index is 3.02. The third-order valence-corrected chi connectivity index (χ3v) is 3.18. The minimum Gasteiger partial charge on any atom is -0.469 e. The van der Waals surface area contributed by atoms with Gasteiger partial charge in [-0.3, -0.25) is 9.59 Å². The van der Waals surface area contributed by atoms with E-state index in [2.05, 4.69) is 4.74 Å². The van der Waals surface area contributed by atoms with Gasteiger partial charge < -0.3 is 14.4 Å². The van der Waals surface area contributed by atoms with Crippen molar-refractivity contribution < 1.29 is 36.6 Å². The number of esters is 1. The maximum atomic E-state index is 13.3. The molecule has 0 unspecified atom stereocenters. The van der Waals surface area contributed by atoms with E-state index < -0.39 is 29.4 Å². The quantitative estimate of drug-likeness (QED) is 0.560. The first kappa shape index (κ1) is 19.9. The van der Waals surface area contributed by atoms with Crippen molar-refractivity contribution in [1.29, 1.82) is 0 Å². The number of carbonyl (C=O) groups is 2. The molecular formula is C15H17F4NO4. The summed E-state index contributed by atoms with van der Waals surface area (Å²) < 4.78 is 60.9. The average molecular weight is 351 g/mol. The number of halogens is 4. The first-order valence-corrected chi connectivity index (χ1v) is 6.92. The van der Waals surface area contributed by atoms with E-state index >= 15 is 0 Å². The van der Waals surface area contributed by atoms with Gasteiger partial charge in [0.2, 0.25) is 0 Å². The van der Waals surface area contributed by atoms with Gasteiger partial charge in [0, 0.05) is 25.8 Å². The predicted molar refractivity (Wildman–Crippen MR) is 75.8 cm³/mol. The second-order valence-corrected chi connectivity index (χ2v) is 4.80. The third-order valence-electron chi connectivity index (χ3n) is 3.18. The lowest BCUT2D eigenvalue weighted by Crippen LogP contribution is -2.36. The lowest BCUT2D eigenvalue weighted by molar-refractivity contribution is -0.141. The van der Waals surface area contributed by atoms with E-state index in [0.29, 0.717) is 12.1 Å². The molecule has 0 aliphatic rings. The van der Waals surface area contributed by atoms with Crippen LogP contribution in [-0.4, -0.2) is 50.7 Å². The molecule has 0 N–H and O–H groups in total. The van der Waals surface area contributed by atoms with E-state index in [4.69, 9.17) is 4.74 Å². The van der Waals surface area contributed by atoms with Crippen LogP contribution < -0.4 is 0 Å². The van der Waals surface area contributed by atoms with Crippen molar-refractivity contribution in [2.24, 2.45) is 0 Å². The summed E-state index contributed by atoms with van der Waals surface area (Å²) in [5.74, 6) is -2.79. The molecule has 5 nitrogen and oxygen atoms in total. The SMILES string of the molecule is COCCN(CCC(=O)OC)C(=O)c1ccc(F)c(C(F)(F)F)c1. The highest BCUT2D eigenvalue weighted by Crippen LogP contribution is 2.32. The molecule has 0 aliphatic carbocycles. The van der Waals surface area contributed by atoms with Crippen LogP contribution in [0.4, 0.5) is 17.6 Å². The van der Waals surface area contributed by atoms with Gasteiger partial charge in [0.15, 0.2) is 0 Å². The Labute approximate surface area is 136 Å². The summed E-state index contributed by atoms with van der Waals surface area (Å²) in [5.41, 5.74) is -1.85. The van der Waals surface area contributed by atoms with Crippen LogP contribution in [-0.2, 0) is 20.4 Å². The topological polar surface area (TPSA) is 55.8 Å². The molecule has 0 saturated carbocycles. The molecule has 0 aromatic heterocycles. The number of carbonyl (C=O) groups excluding carboxylic acids is 2. The van der Waals surface area contributed by atoms with Gasteiger partial charge in [-0.05, 0) is 18.2 Å². The molecule has 24 heavy (non-hydrogen) atoms. The van der Waals surface area contributed by atoms with Gasteiger partial charge in [-0.25, -0.2) is 4.39 Å². The van der Waals surface area contributed by atoms with Crippen LogP contribution in [0.25, 0.3) is 0 Å². The fraction of sp³-hybridized carbons (Fsp3) is 0.467. The number of hydrogen-bond donors (Lipinski definition) is 0. The molecule has 1 rings (SSSR count). The van der Waals surface area contributed by atoms with Crippen molar-refractivity contribution in [2.45, 2.75) is 12.6 Å². The number of alkyl halides is 3. The van der Waals surface area contributed by atoms with Gasteiger partial charge in [-0.2, -0.15) is 13.2 Å². The van der Waals surface area contributed by atoms with E-state index in [1.54, 1.807) is 0 Å². The summed E-state index contributed by atoms with van der Waals surface area (Å²) in [6.07, 6.45) is -5.04. The van der Waals surface area contributed by atoms with Crippen molar-refractivity contribution >= 4 is 11.9 Å². The van der Waals surface area contributed by atoms with Gasteiger partial charge >= 0.3 is 12.1 Å². The molecule has 0 bridgehead atoms. The van der Waals surface area contributed by atoms with Crippen LogP contribution in [0, 0.1) is 5.82 Å². The number of ether oxygens (including phenoxy) is 2. The van der Waals surface area contributed by atoms with Crippen molar-refractivity contribution in [3.8, 4) is 0 Å². The van der Waals surface area contributed by atoms with E-state index in [1.807, 2.05) is 0 Å². The Morgan fingerprint density at radius 3 is 2.38 bits per heavy atom.